The molecule has 0 aliphatic carbocycles. The van der Waals surface area contributed by atoms with Crippen molar-refractivity contribution in [2.45, 2.75) is 13.0 Å². The molecule has 0 saturated carbocycles. The van der Waals surface area contributed by atoms with Crippen LogP contribution >= 0.6 is 15.9 Å². The number of halogens is 1. The predicted molar refractivity (Wildman–Crippen MR) is 86.3 cm³/mol. The summed E-state index contributed by atoms with van der Waals surface area (Å²) < 4.78 is 6.88. The minimum absolute atomic E-state index is 0.779. The molecular formula is C16H17BrN2O. The third-order valence-corrected chi connectivity index (χ3v) is 4.00. The highest BCUT2D eigenvalue weighted by molar-refractivity contribution is 9.10. The quantitative estimate of drug-likeness (QED) is 0.872. The van der Waals surface area contributed by atoms with Gasteiger partial charge in [-0.25, -0.2) is 0 Å². The number of hydrogen-bond acceptors (Lipinski definition) is 3. The van der Waals surface area contributed by atoms with E-state index in [-0.39, 0.29) is 0 Å². The molecule has 2 aromatic rings. The molecule has 2 aromatic carbocycles. The third kappa shape index (κ3) is 2.61. The number of benzene rings is 2. The first-order chi connectivity index (χ1) is 9.63. The average molecular weight is 333 g/mol. The number of rotatable bonds is 3. The Morgan fingerprint density at radius 2 is 2.15 bits per heavy atom. The normalized spacial score (nSPS) is 12.9. The first-order valence-electron chi connectivity index (χ1n) is 6.64. The summed E-state index contributed by atoms with van der Waals surface area (Å²) in [6, 6.07) is 12.2. The van der Waals surface area contributed by atoms with Gasteiger partial charge in [-0.3, -0.25) is 0 Å². The Bertz CT molecular complexity index is 642. The lowest BCUT2D eigenvalue weighted by atomic mass is 10.1. The first-order valence-corrected chi connectivity index (χ1v) is 7.43. The number of anilines is 2. The summed E-state index contributed by atoms with van der Waals surface area (Å²) in [5, 5.41) is 0. The second-order valence-corrected chi connectivity index (χ2v) is 6.02. The zero-order chi connectivity index (χ0) is 14.1. The Balaban J connectivity index is 1.88. The topological polar surface area (TPSA) is 38.5 Å². The molecule has 0 saturated heterocycles. The predicted octanol–water partition coefficient (Wildman–Crippen LogP) is 3.60. The van der Waals surface area contributed by atoms with Crippen molar-refractivity contribution in [2.75, 3.05) is 24.3 Å². The monoisotopic (exact) mass is 332 g/mol. The molecule has 0 radical (unpaired) electrons. The van der Waals surface area contributed by atoms with E-state index in [1.165, 1.54) is 11.1 Å². The van der Waals surface area contributed by atoms with E-state index in [4.69, 9.17) is 10.5 Å². The first kappa shape index (κ1) is 13.3. The van der Waals surface area contributed by atoms with Crippen LogP contribution in [-0.4, -0.2) is 13.7 Å². The van der Waals surface area contributed by atoms with Crippen molar-refractivity contribution >= 4 is 27.3 Å². The highest BCUT2D eigenvalue weighted by Gasteiger charge is 2.18. The molecule has 0 aromatic heterocycles. The fraction of sp³-hybridized carbons (Fsp3) is 0.250. The van der Waals surface area contributed by atoms with Crippen molar-refractivity contribution in [3.05, 3.63) is 52.0 Å². The molecule has 3 rings (SSSR count). The van der Waals surface area contributed by atoms with Crippen LogP contribution in [0.5, 0.6) is 5.75 Å². The van der Waals surface area contributed by atoms with Gasteiger partial charge in [-0.1, -0.05) is 22.0 Å². The van der Waals surface area contributed by atoms with E-state index in [1.54, 1.807) is 0 Å². The van der Waals surface area contributed by atoms with Crippen molar-refractivity contribution in [1.82, 2.24) is 0 Å². The van der Waals surface area contributed by atoms with Crippen molar-refractivity contribution < 1.29 is 4.74 Å². The number of fused-ring (bicyclic) bond motifs is 1. The number of nitrogen functional groups attached to an aromatic ring is 1. The summed E-state index contributed by atoms with van der Waals surface area (Å²) in [6.07, 6.45) is 0.990. The minimum Gasteiger partial charge on any atom is -0.493 e. The van der Waals surface area contributed by atoms with Crippen LogP contribution in [0.2, 0.25) is 0 Å². The summed E-state index contributed by atoms with van der Waals surface area (Å²) in [7, 11) is 2.07. The van der Waals surface area contributed by atoms with Crippen LogP contribution in [0.25, 0.3) is 0 Å². The van der Waals surface area contributed by atoms with Gasteiger partial charge >= 0.3 is 0 Å². The van der Waals surface area contributed by atoms with E-state index in [9.17, 15) is 0 Å². The summed E-state index contributed by atoms with van der Waals surface area (Å²) in [5.74, 6) is 1.05. The van der Waals surface area contributed by atoms with E-state index in [0.29, 0.717) is 0 Å². The third-order valence-electron chi connectivity index (χ3n) is 3.54. The Hall–Kier alpha value is -1.68. The summed E-state index contributed by atoms with van der Waals surface area (Å²) in [4.78, 5) is 2.18. The van der Waals surface area contributed by atoms with Crippen molar-refractivity contribution in [3.63, 3.8) is 0 Å². The van der Waals surface area contributed by atoms with Gasteiger partial charge < -0.3 is 15.4 Å². The number of nitrogens with zero attached hydrogens (tertiary/aromatic N) is 1. The van der Waals surface area contributed by atoms with Crippen LogP contribution in [0.4, 0.5) is 11.4 Å². The maximum Gasteiger partial charge on any atom is 0.127 e. The summed E-state index contributed by atoms with van der Waals surface area (Å²) in [5.41, 5.74) is 10.2. The number of ether oxygens (including phenoxy) is 1. The zero-order valence-electron chi connectivity index (χ0n) is 11.4. The van der Waals surface area contributed by atoms with Crippen molar-refractivity contribution in [2.24, 2.45) is 0 Å². The van der Waals surface area contributed by atoms with Crippen LogP contribution in [0, 0.1) is 0 Å². The van der Waals surface area contributed by atoms with Crippen LogP contribution in [0.1, 0.15) is 11.1 Å². The van der Waals surface area contributed by atoms with Gasteiger partial charge in [-0.15, -0.1) is 0 Å². The maximum absolute atomic E-state index is 5.85. The fourth-order valence-electron chi connectivity index (χ4n) is 2.57. The minimum atomic E-state index is 0.779. The lowest BCUT2D eigenvalue weighted by Gasteiger charge is -2.21. The zero-order valence-corrected chi connectivity index (χ0v) is 13.0. The van der Waals surface area contributed by atoms with Gasteiger partial charge in [0.15, 0.2) is 0 Å². The lowest BCUT2D eigenvalue weighted by Crippen LogP contribution is -2.17. The molecule has 1 aliphatic heterocycles. The van der Waals surface area contributed by atoms with E-state index in [0.717, 1.165) is 41.2 Å². The van der Waals surface area contributed by atoms with E-state index in [1.807, 2.05) is 18.2 Å². The molecule has 20 heavy (non-hydrogen) atoms. The van der Waals surface area contributed by atoms with Crippen molar-refractivity contribution in [3.8, 4) is 5.75 Å². The summed E-state index contributed by atoms with van der Waals surface area (Å²) >= 11 is 3.58. The van der Waals surface area contributed by atoms with Gasteiger partial charge in [0.2, 0.25) is 0 Å². The van der Waals surface area contributed by atoms with Crippen LogP contribution in [-0.2, 0) is 13.0 Å². The lowest BCUT2D eigenvalue weighted by molar-refractivity contribution is 0.353. The Morgan fingerprint density at radius 1 is 1.30 bits per heavy atom. The molecule has 3 nitrogen and oxygen atoms in total. The van der Waals surface area contributed by atoms with Gasteiger partial charge in [-0.2, -0.15) is 0 Å². The molecular weight excluding hydrogens is 316 g/mol. The van der Waals surface area contributed by atoms with Crippen molar-refractivity contribution in [1.29, 1.82) is 0 Å². The Kier molecular flexibility index (Phi) is 3.57. The molecule has 0 spiro atoms. The molecule has 0 fully saturated rings. The molecule has 0 amide bonds. The average Bonchev–Trinajstić information content (AvgIpc) is 2.86. The smallest absolute Gasteiger partial charge is 0.127 e. The standard InChI is InChI=1S/C16H17BrN2O/c1-19(15-4-2-3-14(18)9-15)10-12-8-13(17)7-11-5-6-20-16(11)12/h2-4,7-9H,5-6,10,18H2,1H3. The van der Waals surface area contributed by atoms with Crippen LogP contribution < -0.4 is 15.4 Å². The van der Waals surface area contributed by atoms with Gasteiger partial charge in [0.1, 0.15) is 5.75 Å². The Morgan fingerprint density at radius 3 is 2.95 bits per heavy atom. The molecule has 104 valence electrons. The van der Waals surface area contributed by atoms with Gasteiger partial charge in [0, 0.05) is 41.4 Å². The van der Waals surface area contributed by atoms with E-state index in [2.05, 4.69) is 46.1 Å². The maximum atomic E-state index is 5.85. The second-order valence-electron chi connectivity index (χ2n) is 5.10. The van der Waals surface area contributed by atoms with Gasteiger partial charge in [0.05, 0.1) is 6.61 Å². The molecule has 0 unspecified atom stereocenters. The van der Waals surface area contributed by atoms with Gasteiger partial charge in [0.25, 0.3) is 0 Å². The molecule has 2 N–H and O–H groups in total. The molecule has 0 atom stereocenters. The Labute approximate surface area is 127 Å². The van der Waals surface area contributed by atoms with E-state index < -0.39 is 0 Å². The highest BCUT2D eigenvalue weighted by Crippen LogP contribution is 2.34. The van der Waals surface area contributed by atoms with Gasteiger partial charge in [-0.05, 0) is 35.9 Å². The van der Waals surface area contributed by atoms with E-state index >= 15 is 0 Å². The molecule has 1 aliphatic rings. The number of hydrogen-bond donors (Lipinski definition) is 1. The number of nitrogens with two attached hydrogens (primary N) is 1. The summed E-state index contributed by atoms with van der Waals surface area (Å²) in [6.45, 7) is 1.58. The van der Waals surface area contributed by atoms with Crippen LogP contribution in [0.15, 0.2) is 40.9 Å². The largest absolute Gasteiger partial charge is 0.493 e. The van der Waals surface area contributed by atoms with Crippen LogP contribution in [0.3, 0.4) is 0 Å². The highest BCUT2D eigenvalue weighted by atomic mass is 79.9. The SMILES string of the molecule is CN(Cc1cc(Br)cc2c1OCC2)c1cccc(N)c1. The molecule has 0 bridgehead atoms. The molecule has 1 heterocycles. The second kappa shape index (κ2) is 5.37. The fourth-order valence-corrected chi connectivity index (χ4v) is 3.13. The molecule has 4 heteroatoms.